The first kappa shape index (κ1) is 21.2. The van der Waals surface area contributed by atoms with Crippen LogP contribution >= 0.6 is 34.8 Å². The van der Waals surface area contributed by atoms with Crippen LogP contribution in [0, 0.1) is 0 Å². The lowest BCUT2D eigenvalue weighted by Gasteiger charge is -2.27. The Hall–Kier alpha value is -1.53. The fourth-order valence-electron chi connectivity index (χ4n) is 3.11. The quantitative estimate of drug-likeness (QED) is 0.600. The second-order valence-corrected chi connectivity index (χ2v) is 10.1. The van der Waals surface area contributed by atoms with Crippen molar-refractivity contribution >= 4 is 56.6 Å². The SMILES string of the molecule is O=C(/C=C/c1ccc(Cl)cc1Cl)N(Cc1ccccc1Cl)[C@H]1CCS(=O)(=O)C1. The van der Waals surface area contributed by atoms with E-state index in [-0.39, 0.29) is 30.0 Å². The van der Waals surface area contributed by atoms with E-state index < -0.39 is 9.84 Å². The van der Waals surface area contributed by atoms with Crippen LogP contribution < -0.4 is 0 Å². The minimum Gasteiger partial charge on any atom is -0.331 e. The number of hydrogen-bond acceptors (Lipinski definition) is 3. The van der Waals surface area contributed by atoms with Crippen LogP contribution in [-0.2, 0) is 21.2 Å². The summed E-state index contributed by atoms with van der Waals surface area (Å²) in [5.41, 5.74) is 1.41. The van der Waals surface area contributed by atoms with E-state index in [4.69, 9.17) is 34.8 Å². The summed E-state index contributed by atoms with van der Waals surface area (Å²) in [5.74, 6) is -0.261. The summed E-state index contributed by atoms with van der Waals surface area (Å²) < 4.78 is 23.9. The van der Waals surface area contributed by atoms with Gasteiger partial charge in [0, 0.05) is 33.7 Å². The lowest BCUT2D eigenvalue weighted by Crippen LogP contribution is -2.39. The molecule has 0 bridgehead atoms. The first-order chi connectivity index (χ1) is 13.2. The maximum Gasteiger partial charge on any atom is 0.247 e. The van der Waals surface area contributed by atoms with E-state index in [9.17, 15) is 13.2 Å². The van der Waals surface area contributed by atoms with Gasteiger partial charge in [-0.1, -0.05) is 59.1 Å². The fourth-order valence-corrected chi connectivity index (χ4v) is 5.51. The number of hydrogen-bond donors (Lipinski definition) is 0. The van der Waals surface area contributed by atoms with Crippen molar-refractivity contribution in [1.82, 2.24) is 4.90 Å². The maximum absolute atomic E-state index is 12.9. The van der Waals surface area contributed by atoms with Crippen molar-refractivity contribution in [2.75, 3.05) is 11.5 Å². The Balaban J connectivity index is 1.86. The largest absolute Gasteiger partial charge is 0.331 e. The highest BCUT2D eigenvalue weighted by Gasteiger charge is 2.34. The molecule has 0 radical (unpaired) electrons. The minimum atomic E-state index is -3.14. The van der Waals surface area contributed by atoms with Gasteiger partial charge in [-0.05, 0) is 41.8 Å². The van der Waals surface area contributed by atoms with E-state index in [1.54, 1.807) is 41.3 Å². The zero-order valence-electron chi connectivity index (χ0n) is 14.8. The van der Waals surface area contributed by atoms with Crippen molar-refractivity contribution < 1.29 is 13.2 Å². The zero-order valence-corrected chi connectivity index (χ0v) is 17.9. The van der Waals surface area contributed by atoms with Gasteiger partial charge in [0.05, 0.1) is 11.5 Å². The highest BCUT2D eigenvalue weighted by Crippen LogP contribution is 2.25. The first-order valence-electron chi connectivity index (χ1n) is 8.63. The van der Waals surface area contributed by atoms with Crippen LogP contribution in [0.15, 0.2) is 48.5 Å². The van der Waals surface area contributed by atoms with Crippen LogP contribution in [0.25, 0.3) is 6.08 Å². The number of benzene rings is 2. The molecule has 0 saturated carbocycles. The summed E-state index contributed by atoms with van der Waals surface area (Å²) in [4.78, 5) is 14.5. The number of rotatable bonds is 5. The summed E-state index contributed by atoms with van der Waals surface area (Å²) in [7, 11) is -3.14. The second-order valence-electron chi connectivity index (χ2n) is 6.61. The average Bonchev–Trinajstić information content (AvgIpc) is 2.99. The smallest absolute Gasteiger partial charge is 0.247 e. The van der Waals surface area contributed by atoms with Gasteiger partial charge in [-0.15, -0.1) is 0 Å². The maximum atomic E-state index is 12.9. The molecule has 0 aromatic heterocycles. The van der Waals surface area contributed by atoms with Gasteiger partial charge in [-0.25, -0.2) is 8.42 Å². The predicted molar refractivity (Wildman–Crippen MR) is 115 cm³/mol. The molecule has 0 aliphatic carbocycles. The second kappa shape index (κ2) is 8.87. The molecule has 8 heteroatoms. The summed E-state index contributed by atoms with van der Waals surface area (Å²) in [6.07, 6.45) is 3.41. The number of carbonyl (C=O) groups excluding carboxylic acids is 1. The van der Waals surface area contributed by atoms with Crippen molar-refractivity contribution in [3.8, 4) is 0 Å². The molecule has 2 aromatic rings. The molecule has 0 N–H and O–H groups in total. The molecule has 2 aromatic carbocycles. The van der Waals surface area contributed by atoms with Crippen LogP contribution in [-0.4, -0.2) is 36.8 Å². The van der Waals surface area contributed by atoms with Gasteiger partial charge in [-0.3, -0.25) is 4.79 Å². The van der Waals surface area contributed by atoms with Gasteiger partial charge < -0.3 is 4.90 Å². The van der Waals surface area contributed by atoms with Crippen molar-refractivity contribution in [1.29, 1.82) is 0 Å². The Morgan fingerprint density at radius 3 is 2.50 bits per heavy atom. The number of carbonyl (C=O) groups is 1. The van der Waals surface area contributed by atoms with Gasteiger partial charge in [0.1, 0.15) is 0 Å². The third-order valence-corrected chi connectivity index (χ3v) is 7.28. The standard InChI is InChI=1S/C20H18Cl3NO3S/c21-16-7-5-14(19(23)11-16)6-8-20(25)24(17-9-10-28(26,27)13-17)12-15-3-1-2-4-18(15)22/h1-8,11,17H,9-10,12-13H2/b8-6+/t17-/m0/s1. The molecular weight excluding hydrogens is 441 g/mol. The zero-order chi connectivity index (χ0) is 20.3. The van der Waals surface area contributed by atoms with Gasteiger partial charge in [-0.2, -0.15) is 0 Å². The molecule has 3 rings (SSSR count). The van der Waals surface area contributed by atoms with Crippen molar-refractivity contribution in [2.45, 2.75) is 19.0 Å². The molecule has 28 heavy (non-hydrogen) atoms. The Bertz CT molecular complexity index is 1020. The van der Waals surface area contributed by atoms with E-state index in [0.717, 1.165) is 5.56 Å². The minimum absolute atomic E-state index is 0.0429. The Labute approximate surface area is 179 Å². The molecule has 0 unspecified atom stereocenters. The Morgan fingerprint density at radius 2 is 1.86 bits per heavy atom. The summed E-state index contributed by atoms with van der Waals surface area (Å²) in [6, 6.07) is 11.8. The summed E-state index contributed by atoms with van der Waals surface area (Å²) in [5, 5.41) is 1.47. The molecule has 1 fully saturated rings. The van der Waals surface area contributed by atoms with Gasteiger partial charge in [0.15, 0.2) is 9.84 Å². The topological polar surface area (TPSA) is 54.5 Å². The van der Waals surface area contributed by atoms with Crippen molar-refractivity contribution in [3.63, 3.8) is 0 Å². The van der Waals surface area contributed by atoms with Gasteiger partial charge in [0.25, 0.3) is 0 Å². The summed E-state index contributed by atoms with van der Waals surface area (Å²) >= 11 is 18.3. The Morgan fingerprint density at radius 1 is 1.11 bits per heavy atom. The van der Waals surface area contributed by atoms with Crippen LogP contribution in [0.3, 0.4) is 0 Å². The van der Waals surface area contributed by atoms with E-state index in [2.05, 4.69) is 0 Å². The predicted octanol–water partition coefficient (Wildman–Crippen LogP) is 4.88. The van der Waals surface area contributed by atoms with E-state index in [1.807, 2.05) is 12.1 Å². The molecular formula is C20H18Cl3NO3S. The fraction of sp³-hybridized carbons (Fsp3) is 0.250. The van der Waals surface area contributed by atoms with Crippen molar-refractivity contribution in [3.05, 3.63) is 74.7 Å². The molecule has 0 spiro atoms. The molecule has 1 aliphatic rings. The third kappa shape index (κ3) is 5.29. The molecule has 1 atom stereocenters. The van der Waals surface area contributed by atoms with E-state index in [1.165, 1.54) is 6.08 Å². The Kier molecular flexibility index (Phi) is 6.71. The van der Waals surface area contributed by atoms with Crippen LogP contribution in [0.4, 0.5) is 0 Å². The van der Waals surface area contributed by atoms with Crippen LogP contribution in [0.1, 0.15) is 17.5 Å². The van der Waals surface area contributed by atoms with Crippen LogP contribution in [0.2, 0.25) is 15.1 Å². The molecule has 1 heterocycles. The van der Waals surface area contributed by atoms with Crippen molar-refractivity contribution in [2.24, 2.45) is 0 Å². The third-order valence-electron chi connectivity index (χ3n) is 4.60. The van der Waals surface area contributed by atoms with Gasteiger partial charge in [0.2, 0.25) is 5.91 Å². The summed E-state index contributed by atoms with van der Waals surface area (Å²) in [6.45, 7) is 0.234. The molecule has 148 valence electrons. The molecule has 1 aliphatic heterocycles. The lowest BCUT2D eigenvalue weighted by molar-refractivity contribution is -0.128. The number of halogens is 3. The first-order valence-corrected chi connectivity index (χ1v) is 11.6. The van der Waals surface area contributed by atoms with Gasteiger partial charge >= 0.3 is 0 Å². The number of amides is 1. The normalized spacial score (nSPS) is 18.5. The molecule has 4 nitrogen and oxygen atoms in total. The average molecular weight is 459 g/mol. The van der Waals surface area contributed by atoms with E-state index >= 15 is 0 Å². The molecule has 1 saturated heterocycles. The number of sulfone groups is 1. The van der Waals surface area contributed by atoms with E-state index in [0.29, 0.717) is 27.1 Å². The molecule has 1 amide bonds. The highest BCUT2D eigenvalue weighted by molar-refractivity contribution is 7.91. The lowest BCUT2D eigenvalue weighted by atomic mass is 10.1. The van der Waals surface area contributed by atoms with Crippen LogP contribution in [0.5, 0.6) is 0 Å². The monoisotopic (exact) mass is 457 g/mol. The highest BCUT2D eigenvalue weighted by atomic mass is 35.5. The number of nitrogens with zero attached hydrogens (tertiary/aromatic N) is 1.